The standard InChI is InChI=1S/C47H27N3S/c1-2-13-28(14-3-1)49-39-22-10-8-19-35(39)41-42-36-20-9-11-23-40(36)50(45(42)46-43(44(41)49)37-21-12-26-48-47(37)51-46)29-24-25-34-32-17-5-4-15-30(32)31-16-6-7-18-33(31)38(34)27-29/h1-27H. The number of fused-ring (bicyclic) bond motifs is 18. The molecule has 0 bridgehead atoms. The topological polar surface area (TPSA) is 22.8 Å². The van der Waals surface area contributed by atoms with Crippen LogP contribution in [0.3, 0.4) is 0 Å². The van der Waals surface area contributed by atoms with Crippen LogP contribution in [0.1, 0.15) is 0 Å². The van der Waals surface area contributed by atoms with E-state index in [4.69, 9.17) is 4.98 Å². The maximum absolute atomic E-state index is 4.95. The molecule has 4 aromatic heterocycles. The molecule has 4 heterocycles. The van der Waals surface area contributed by atoms with Crippen molar-refractivity contribution in [2.24, 2.45) is 0 Å². The quantitative estimate of drug-likeness (QED) is 0.169. The van der Waals surface area contributed by atoms with Gasteiger partial charge in [0, 0.05) is 49.9 Å². The van der Waals surface area contributed by atoms with E-state index < -0.39 is 0 Å². The lowest BCUT2D eigenvalue weighted by molar-refractivity contribution is 1.18. The highest BCUT2D eigenvalue weighted by molar-refractivity contribution is 7.26. The van der Waals surface area contributed by atoms with Gasteiger partial charge in [-0.05, 0) is 80.8 Å². The van der Waals surface area contributed by atoms with Gasteiger partial charge in [-0.25, -0.2) is 4.98 Å². The summed E-state index contributed by atoms with van der Waals surface area (Å²) in [5, 5.41) is 15.2. The van der Waals surface area contributed by atoms with Crippen LogP contribution in [0, 0.1) is 0 Å². The van der Waals surface area contributed by atoms with Crippen LogP contribution in [0.4, 0.5) is 0 Å². The number of rotatable bonds is 2. The number of aromatic nitrogens is 3. The van der Waals surface area contributed by atoms with Gasteiger partial charge in [-0.15, -0.1) is 11.3 Å². The lowest BCUT2D eigenvalue weighted by Gasteiger charge is -2.14. The molecule has 12 aromatic rings. The van der Waals surface area contributed by atoms with Crippen molar-refractivity contribution in [2.75, 3.05) is 0 Å². The lowest BCUT2D eigenvalue weighted by Crippen LogP contribution is -1.96. The van der Waals surface area contributed by atoms with E-state index >= 15 is 0 Å². The Morgan fingerprint density at radius 2 is 0.882 bits per heavy atom. The fourth-order valence-corrected chi connectivity index (χ4v) is 10.1. The Kier molecular flexibility index (Phi) is 5.38. The van der Waals surface area contributed by atoms with E-state index in [1.807, 2.05) is 6.20 Å². The molecule has 0 radical (unpaired) electrons. The summed E-state index contributed by atoms with van der Waals surface area (Å²) in [5.41, 5.74) is 7.20. The van der Waals surface area contributed by atoms with Crippen LogP contribution in [-0.2, 0) is 0 Å². The SMILES string of the molecule is c1ccc(-n2c3ccccc3c3c4c5ccccc5n(-c5ccc6c7ccccc7c7ccccc7c6c5)c4c4sc5ncccc5c4c32)cc1. The van der Waals surface area contributed by atoms with E-state index in [1.165, 1.54) is 91.4 Å². The highest BCUT2D eigenvalue weighted by atomic mass is 32.1. The fourth-order valence-electron chi connectivity index (χ4n) is 8.92. The first-order chi connectivity index (χ1) is 25.3. The average molecular weight is 666 g/mol. The maximum Gasteiger partial charge on any atom is 0.124 e. The van der Waals surface area contributed by atoms with Gasteiger partial charge >= 0.3 is 0 Å². The molecular formula is C47H27N3S. The van der Waals surface area contributed by atoms with E-state index in [2.05, 4.69) is 167 Å². The molecule has 0 aliphatic carbocycles. The van der Waals surface area contributed by atoms with Crippen molar-refractivity contribution in [1.82, 2.24) is 14.1 Å². The van der Waals surface area contributed by atoms with Gasteiger partial charge in [0.1, 0.15) is 4.83 Å². The molecule has 8 aromatic carbocycles. The summed E-state index contributed by atoms with van der Waals surface area (Å²) in [6.45, 7) is 0. The number of hydrogen-bond donors (Lipinski definition) is 0. The molecule has 236 valence electrons. The molecule has 0 amide bonds. The summed E-state index contributed by atoms with van der Waals surface area (Å²) in [4.78, 5) is 6.00. The third kappa shape index (κ3) is 3.54. The van der Waals surface area contributed by atoms with E-state index in [0.29, 0.717) is 0 Å². The minimum absolute atomic E-state index is 1.05. The van der Waals surface area contributed by atoms with Crippen molar-refractivity contribution in [1.29, 1.82) is 0 Å². The van der Waals surface area contributed by atoms with Gasteiger partial charge in [-0.1, -0.05) is 109 Å². The molecule has 12 rings (SSSR count). The van der Waals surface area contributed by atoms with Crippen LogP contribution in [0.25, 0.3) is 108 Å². The van der Waals surface area contributed by atoms with E-state index in [1.54, 1.807) is 11.3 Å². The summed E-state index contributed by atoms with van der Waals surface area (Å²) in [6.07, 6.45) is 1.92. The van der Waals surface area contributed by atoms with Gasteiger partial charge in [0.25, 0.3) is 0 Å². The molecular weight excluding hydrogens is 639 g/mol. The minimum Gasteiger partial charge on any atom is -0.309 e. The highest BCUT2D eigenvalue weighted by Gasteiger charge is 2.27. The van der Waals surface area contributed by atoms with Gasteiger partial charge < -0.3 is 9.13 Å². The highest BCUT2D eigenvalue weighted by Crippen LogP contribution is 2.51. The second kappa shape index (κ2) is 10.0. The number of thiophene rings is 1. The summed E-state index contributed by atoms with van der Waals surface area (Å²) in [7, 11) is 0. The second-order valence-corrected chi connectivity index (χ2v) is 14.5. The summed E-state index contributed by atoms with van der Waals surface area (Å²) < 4.78 is 6.26. The van der Waals surface area contributed by atoms with Gasteiger partial charge in [0.2, 0.25) is 0 Å². The molecule has 51 heavy (non-hydrogen) atoms. The zero-order chi connectivity index (χ0) is 33.2. The van der Waals surface area contributed by atoms with Crippen LogP contribution in [-0.4, -0.2) is 14.1 Å². The van der Waals surface area contributed by atoms with Gasteiger partial charge in [-0.3, -0.25) is 0 Å². The third-order valence-electron chi connectivity index (χ3n) is 10.9. The Hall–Kier alpha value is -6.49. The number of para-hydroxylation sites is 3. The molecule has 0 fully saturated rings. The molecule has 0 saturated heterocycles. The number of benzene rings is 8. The lowest BCUT2D eigenvalue weighted by atomic mass is 9.94. The Morgan fingerprint density at radius 3 is 1.55 bits per heavy atom. The van der Waals surface area contributed by atoms with Crippen LogP contribution < -0.4 is 0 Å². The first-order valence-corrected chi connectivity index (χ1v) is 18.2. The Balaban J connectivity index is 1.34. The Bertz CT molecular complexity index is 3380. The predicted octanol–water partition coefficient (Wildman–Crippen LogP) is 13.1. The van der Waals surface area contributed by atoms with Crippen molar-refractivity contribution >= 4 is 108 Å². The minimum atomic E-state index is 1.05. The van der Waals surface area contributed by atoms with E-state index in [9.17, 15) is 0 Å². The normalized spacial score (nSPS) is 12.3. The monoisotopic (exact) mass is 665 g/mol. The van der Waals surface area contributed by atoms with Crippen molar-refractivity contribution in [3.8, 4) is 11.4 Å². The van der Waals surface area contributed by atoms with Crippen LogP contribution in [0.5, 0.6) is 0 Å². The van der Waals surface area contributed by atoms with Crippen LogP contribution in [0.2, 0.25) is 0 Å². The average Bonchev–Trinajstić information content (AvgIpc) is 3.86. The van der Waals surface area contributed by atoms with Crippen LogP contribution >= 0.6 is 11.3 Å². The van der Waals surface area contributed by atoms with E-state index in [-0.39, 0.29) is 0 Å². The van der Waals surface area contributed by atoms with Crippen molar-refractivity contribution in [3.05, 3.63) is 164 Å². The first kappa shape index (κ1) is 27.3. The largest absolute Gasteiger partial charge is 0.309 e. The molecule has 0 unspecified atom stereocenters. The Morgan fingerprint density at radius 1 is 0.373 bits per heavy atom. The first-order valence-electron chi connectivity index (χ1n) is 17.4. The zero-order valence-corrected chi connectivity index (χ0v) is 28.2. The number of pyridine rings is 1. The van der Waals surface area contributed by atoms with Crippen molar-refractivity contribution in [2.45, 2.75) is 0 Å². The summed E-state index contributed by atoms with van der Waals surface area (Å²) in [5.74, 6) is 0. The second-order valence-electron chi connectivity index (χ2n) is 13.5. The molecule has 0 atom stereocenters. The molecule has 0 N–H and O–H groups in total. The van der Waals surface area contributed by atoms with Gasteiger partial charge in [0.15, 0.2) is 0 Å². The summed E-state index contributed by atoms with van der Waals surface area (Å²) in [6, 6.07) is 57.8. The molecule has 0 aliphatic rings. The zero-order valence-electron chi connectivity index (χ0n) is 27.3. The smallest absolute Gasteiger partial charge is 0.124 e. The summed E-state index contributed by atoms with van der Waals surface area (Å²) >= 11 is 1.81. The molecule has 3 nitrogen and oxygen atoms in total. The van der Waals surface area contributed by atoms with Crippen molar-refractivity contribution < 1.29 is 0 Å². The fraction of sp³-hybridized carbons (Fsp3) is 0. The molecule has 0 spiro atoms. The molecule has 0 aliphatic heterocycles. The van der Waals surface area contributed by atoms with Gasteiger partial charge in [-0.2, -0.15) is 0 Å². The van der Waals surface area contributed by atoms with Crippen LogP contribution in [0.15, 0.2) is 164 Å². The predicted molar refractivity (Wildman–Crippen MR) is 218 cm³/mol. The Labute approximate surface area is 295 Å². The maximum atomic E-state index is 4.95. The number of hydrogen-bond acceptors (Lipinski definition) is 2. The van der Waals surface area contributed by atoms with Gasteiger partial charge in [0.05, 0.1) is 26.8 Å². The number of nitrogens with zero attached hydrogens (tertiary/aromatic N) is 3. The molecule has 0 saturated carbocycles. The van der Waals surface area contributed by atoms with E-state index in [0.717, 1.165) is 16.2 Å². The third-order valence-corrected chi connectivity index (χ3v) is 12.0. The van der Waals surface area contributed by atoms with Crippen molar-refractivity contribution in [3.63, 3.8) is 0 Å². The molecule has 4 heteroatoms.